The second-order valence-corrected chi connectivity index (χ2v) is 4.42. The number of hydrogen-bond donors (Lipinski definition) is 2. The Bertz CT molecular complexity index is 352. The Morgan fingerprint density at radius 3 is 2.57 bits per heavy atom. The Morgan fingerprint density at radius 2 is 2.07 bits per heavy atom. The Morgan fingerprint density at radius 1 is 1.43 bits per heavy atom. The number of benzene rings is 1. The summed E-state index contributed by atoms with van der Waals surface area (Å²) in [5.74, 6) is 0. The Balaban J connectivity index is 2.19. The number of anilines is 2. The van der Waals surface area contributed by atoms with Crippen molar-refractivity contribution in [1.29, 1.82) is 0 Å². The van der Waals surface area contributed by atoms with Gasteiger partial charge in [-0.3, -0.25) is 0 Å². The van der Waals surface area contributed by atoms with Crippen LogP contribution < -0.4 is 10.6 Å². The van der Waals surface area contributed by atoms with E-state index < -0.39 is 5.60 Å². The molecule has 3 N–H and O–H groups in total. The summed E-state index contributed by atoms with van der Waals surface area (Å²) in [6.07, 6.45) is 0. The fraction of sp³-hybridized carbons (Fsp3) is 0.455. The van der Waals surface area contributed by atoms with Crippen molar-refractivity contribution in [3.8, 4) is 0 Å². The molecular weight excluding hydrogens is 176 g/mol. The molecule has 0 saturated carbocycles. The van der Waals surface area contributed by atoms with Crippen molar-refractivity contribution >= 4 is 11.4 Å². The van der Waals surface area contributed by atoms with Gasteiger partial charge in [-0.25, -0.2) is 0 Å². The molecule has 76 valence electrons. The second-order valence-electron chi connectivity index (χ2n) is 4.42. The summed E-state index contributed by atoms with van der Waals surface area (Å²) < 4.78 is 0. The van der Waals surface area contributed by atoms with E-state index in [0.717, 1.165) is 11.4 Å². The van der Waals surface area contributed by atoms with Crippen molar-refractivity contribution in [2.24, 2.45) is 0 Å². The molecule has 0 radical (unpaired) electrons. The van der Waals surface area contributed by atoms with Gasteiger partial charge in [0, 0.05) is 13.1 Å². The van der Waals surface area contributed by atoms with Crippen LogP contribution in [0.4, 0.5) is 11.4 Å². The van der Waals surface area contributed by atoms with E-state index in [4.69, 9.17) is 5.73 Å². The van der Waals surface area contributed by atoms with Crippen LogP contribution in [0.2, 0.25) is 0 Å². The molecule has 1 fully saturated rings. The van der Waals surface area contributed by atoms with Gasteiger partial charge in [0.25, 0.3) is 0 Å². The molecule has 1 aliphatic rings. The first-order chi connectivity index (χ1) is 6.48. The molecule has 0 amide bonds. The van der Waals surface area contributed by atoms with Crippen molar-refractivity contribution in [2.45, 2.75) is 19.4 Å². The third kappa shape index (κ3) is 1.55. The number of rotatable bonds is 1. The van der Waals surface area contributed by atoms with E-state index >= 15 is 0 Å². The molecule has 1 heterocycles. The molecule has 1 aromatic carbocycles. The van der Waals surface area contributed by atoms with Crippen LogP contribution in [-0.4, -0.2) is 23.8 Å². The maximum Gasteiger partial charge on any atom is 0.0967 e. The predicted molar refractivity (Wildman–Crippen MR) is 58.4 cm³/mol. The summed E-state index contributed by atoms with van der Waals surface area (Å²) in [4.78, 5) is 2.09. The first kappa shape index (κ1) is 9.34. The lowest BCUT2D eigenvalue weighted by atomic mass is 9.95. The van der Waals surface area contributed by atoms with Crippen LogP contribution in [0.25, 0.3) is 0 Å². The highest BCUT2D eigenvalue weighted by atomic mass is 16.3. The van der Waals surface area contributed by atoms with Gasteiger partial charge in [-0.15, -0.1) is 0 Å². The van der Waals surface area contributed by atoms with Gasteiger partial charge in [0.2, 0.25) is 0 Å². The summed E-state index contributed by atoms with van der Waals surface area (Å²) in [6.45, 7) is 5.20. The maximum absolute atomic E-state index is 9.61. The molecule has 1 saturated heterocycles. The number of nitrogens with two attached hydrogens (primary N) is 1. The van der Waals surface area contributed by atoms with Gasteiger partial charge in [0.1, 0.15) is 0 Å². The van der Waals surface area contributed by atoms with Gasteiger partial charge >= 0.3 is 0 Å². The van der Waals surface area contributed by atoms with E-state index in [1.54, 1.807) is 0 Å². The molecule has 2 rings (SSSR count). The third-order valence-corrected chi connectivity index (χ3v) is 2.59. The molecule has 0 bridgehead atoms. The van der Waals surface area contributed by atoms with E-state index in [-0.39, 0.29) is 0 Å². The van der Waals surface area contributed by atoms with Gasteiger partial charge < -0.3 is 15.7 Å². The molecule has 0 atom stereocenters. The summed E-state index contributed by atoms with van der Waals surface area (Å²) in [5.41, 5.74) is 8.34. The molecule has 0 aromatic heterocycles. The lowest BCUT2D eigenvalue weighted by Crippen LogP contribution is -2.60. The normalized spacial score (nSPS) is 19.2. The maximum atomic E-state index is 9.61. The van der Waals surface area contributed by atoms with E-state index in [1.165, 1.54) is 5.56 Å². The molecule has 0 unspecified atom stereocenters. The lowest BCUT2D eigenvalue weighted by molar-refractivity contribution is 0.0311. The first-order valence-corrected chi connectivity index (χ1v) is 4.81. The van der Waals surface area contributed by atoms with Crippen molar-refractivity contribution < 1.29 is 5.11 Å². The third-order valence-electron chi connectivity index (χ3n) is 2.59. The average Bonchev–Trinajstić information content (AvgIpc) is 2.00. The molecule has 1 aromatic rings. The predicted octanol–water partition coefficient (Wildman–Crippen LogP) is 1.15. The van der Waals surface area contributed by atoms with Gasteiger partial charge in [0.05, 0.1) is 17.0 Å². The molecule has 14 heavy (non-hydrogen) atoms. The minimum absolute atomic E-state index is 0.544. The molecule has 0 aliphatic carbocycles. The van der Waals surface area contributed by atoms with Crippen molar-refractivity contribution in [3.05, 3.63) is 23.8 Å². The highest BCUT2D eigenvalue weighted by Crippen LogP contribution is 2.31. The monoisotopic (exact) mass is 192 g/mol. The van der Waals surface area contributed by atoms with Crippen molar-refractivity contribution in [1.82, 2.24) is 0 Å². The number of hydrogen-bond acceptors (Lipinski definition) is 3. The minimum atomic E-state index is -0.544. The number of nitrogen functional groups attached to an aromatic ring is 1. The minimum Gasteiger partial charge on any atom is -0.397 e. The smallest absolute Gasteiger partial charge is 0.0967 e. The van der Waals surface area contributed by atoms with Gasteiger partial charge in [-0.05, 0) is 31.5 Å². The van der Waals surface area contributed by atoms with E-state index in [2.05, 4.69) is 4.90 Å². The van der Waals surface area contributed by atoms with Crippen molar-refractivity contribution in [2.75, 3.05) is 23.7 Å². The fourth-order valence-corrected chi connectivity index (χ4v) is 1.91. The summed E-state index contributed by atoms with van der Waals surface area (Å²) in [6, 6.07) is 6.01. The van der Waals surface area contributed by atoms with Crippen molar-refractivity contribution in [3.63, 3.8) is 0 Å². The van der Waals surface area contributed by atoms with Crippen LogP contribution >= 0.6 is 0 Å². The molecule has 1 aliphatic heterocycles. The zero-order valence-electron chi connectivity index (χ0n) is 8.62. The number of aryl methyl sites for hydroxylation is 1. The largest absolute Gasteiger partial charge is 0.397 e. The Hall–Kier alpha value is -1.22. The van der Waals surface area contributed by atoms with Crippen LogP contribution in [0.3, 0.4) is 0 Å². The molecule has 0 spiro atoms. The molecular formula is C11H16N2O. The summed E-state index contributed by atoms with van der Waals surface area (Å²) in [7, 11) is 0. The second kappa shape index (κ2) is 2.89. The Labute approximate surface area is 84.1 Å². The van der Waals surface area contributed by atoms with Crippen LogP contribution in [0, 0.1) is 6.92 Å². The van der Waals surface area contributed by atoms with Crippen LogP contribution in [0.1, 0.15) is 12.5 Å². The van der Waals surface area contributed by atoms with E-state index in [0.29, 0.717) is 13.1 Å². The SMILES string of the molecule is Cc1ccc(N2CC(C)(O)C2)c(N)c1. The average molecular weight is 192 g/mol. The molecule has 3 nitrogen and oxygen atoms in total. The highest BCUT2D eigenvalue weighted by molar-refractivity contribution is 5.69. The van der Waals surface area contributed by atoms with Crippen LogP contribution in [-0.2, 0) is 0 Å². The highest BCUT2D eigenvalue weighted by Gasteiger charge is 2.37. The Kier molecular flexibility index (Phi) is 1.93. The first-order valence-electron chi connectivity index (χ1n) is 4.81. The van der Waals surface area contributed by atoms with Gasteiger partial charge in [0.15, 0.2) is 0 Å². The fourth-order valence-electron chi connectivity index (χ4n) is 1.91. The summed E-state index contributed by atoms with van der Waals surface area (Å²) >= 11 is 0. The summed E-state index contributed by atoms with van der Waals surface area (Å²) in [5, 5.41) is 9.61. The lowest BCUT2D eigenvalue weighted by Gasteiger charge is -2.46. The quantitative estimate of drug-likeness (QED) is 0.656. The topological polar surface area (TPSA) is 49.5 Å². The van der Waals surface area contributed by atoms with E-state index in [9.17, 15) is 5.11 Å². The zero-order valence-corrected chi connectivity index (χ0v) is 8.62. The van der Waals surface area contributed by atoms with E-state index in [1.807, 2.05) is 32.0 Å². The zero-order chi connectivity index (χ0) is 10.3. The van der Waals surface area contributed by atoms with Crippen LogP contribution in [0.15, 0.2) is 18.2 Å². The number of aliphatic hydroxyl groups is 1. The number of β-amino-alcohol motifs (C(OH)–C–C–N with tert-alkyl or cyclic N) is 1. The van der Waals surface area contributed by atoms with Gasteiger partial charge in [-0.1, -0.05) is 6.07 Å². The number of nitrogens with zero attached hydrogens (tertiary/aromatic N) is 1. The molecule has 3 heteroatoms. The van der Waals surface area contributed by atoms with Gasteiger partial charge in [-0.2, -0.15) is 0 Å². The standard InChI is InChI=1S/C11H16N2O/c1-8-3-4-10(9(12)5-8)13-6-11(2,14)7-13/h3-5,14H,6-7,12H2,1-2H3. The van der Waals surface area contributed by atoms with Crippen LogP contribution in [0.5, 0.6) is 0 Å².